The molecule has 3 heterocycles. The van der Waals surface area contributed by atoms with E-state index in [2.05, 4.69) is 20.3 Å². The third-order valence-electron chi connectivity index (χ3n) is 5.58. The molecule has 2 aromatic heterocycles. The molecule has 33 heavy (non-hydrogen) atoms. The van der Waals surface area contributed by atoms with Crippen molar-refractivity contribution in [2.24, 2.45) is 5.73 Å². The van der Waals surface area contributed by atoms with Crippen molar-refractivity contribution in [3.63, 3.8) is 0 Å². The lowest BCUT2D eigenvalue weighted by molar-refractivity contribution is -0.118. The number of primary amides is 1. The second-order valence-electron chi connectivity index (χ2n) is 7.73. The molecule has 1 aliphatic rings. The van der Waals surface area contributed by atoms with E-state index in [1.807, 2.05) is 4.90 Å². The van der Waals surface area contributed by atoms with Crippen molar-refractivity contribution in [1.29, 1.82) is 0 Å². The SMILES string of the molecule is NC(=O)CC1CN(c2ncnc3c(F)c(-c4ccc(F)c5sc(N)nc45)c(Cl)cc23)CCN1. The van der Waals surface area contributed by atoms with Gasteiger partial charge in [0, 0.05) is 48.6 Å². The highest BCUT2D eigenvalue weighted by Crippen LogP contribution is 2.42. The molecular weight excluding hydrogens is 472 g/mol. The first-order chi connectivity index (χ1) is 15.8. The van der Waals surface area contributed by atoms with Gasteiger partial charge in [0.15, 0.2) is 10.9 Å². The first-order valence-corrected chi connectivity index (χ1v) is 11.3. The number of aromatic nitrogens is 3. The highest BCUT2D eigenvalue weighted by Gasteiger charge is 2.26. The van der Waals surface area contributed by atoms with Crippen LogP contribution in [0.5, 0.6) is 0 Å². The summed E-state index contributed by atoms with van der Waals surface area (Å²) in [5, 5.41) is 3.95. The number of thiazole rings is 1. The van der Waals surface area contributed by atoms with Crippen LogP contribution in [0.2, 0.25) is 5.02 Å². The number of carbonyl (C=O) groups excluding carboxylic acids is 1. The predicted molar refractivity (Wildman–Crippen MR) is 125 cm³/mol. The summed E-state index contributed by atoms with van der Waals surface area (Å²) in [6.07, 6.45) is 1.46. The Hall–Kier alpha value is -3.15. The topological polar surface area (TPSA) is 123 Å². The first kappa shape index (κ1) is 21.7. The van der Waals surface area contributed by atoms with Crippen LogP contribution >= 0.6 is 22.9 Å². The van der Waals surface area contributed by atoms with Gasteiger partial charge in [0.25, 0.3) is 0 Å². The number of fused-ring (bicyclic) bond motifs is 2. The number of nitrogen functional groups attached to an aromatic ring is 1. The summed E-state index contributed by atoms with van der Waals surface area (Å²) in [5.41, 5.74) is 11.8. The van der Waals surface area contributed by atoms with Gasteiger partial charge >= 0.3 is 0 Å². The number of halogens is 3. The summed E-state index contributed by atoms with van der Waals surface area (Å²) >= 11 is 7.54. The second-order valence-corrected chi connectivity index (χ2v) is 9.17. The summed E-state index contributed by atoms with van der Waals surface area (Å²) in [6.45, 7) is 1.67. The highest BCUT2D eigenvalue weighted by molar-refractivity contribution is 7.22. The van der Waals surface area contributed by atoms with Gasteiger partial charge in [-0.15, -0.1) is 0 Å². The minimum atomic E-state index is -0.663. The molecule has 5 rings (SSSR count). The molecule has 170 valence electrons. The lowest BCUT2D eigenvalue weighted by Crippen LogP contribution is -2.52. The van der Waals surface area contributed by atoms with Gasteiger partial charge in [0.05, 0.1) is 15.2 Å². The molecule has 1 amide bonds. The normalized spacial score (nSPS) is 16.6. The van der Waals surface area contributed by atoms with E-state index in [1.165, 1.54) is 18.5 Å². The summed E-state index contributed by atoms with van der Waals surface area (Å²) in [4.78, 5) is 26.0. The lowest BCUT2D eigenvalue weighted by atomic mass is 10.0. The second kappa shape index (κ2) is 8.32. The number of nitrogens with one attached hydrogen (secondary N) is 1. The third kappa shape index (κ3) is 3.81. The van der Waals surface area contributed by atoms with Crippen LogP contribution in [0.3, 0.4) is 0 Å². The van der Waals surface area contributed by atoms with Crippen molar-refractivity contribution < 1.29 is 13.6 Å². The first-order valence-electron chi connectivity index (χ1n) is 10.1. The van der Waals surface area contributed by atoms with Crippen LogP contribution in [0.4, 0.5) is 19.7 Å². The molecule has 0 aliphatic carbocycles. The van der Waals surface area contributed by atoms with E-state index >= 15 is 4.39 Å². The number of rotatable bonds is 4. The van der Waals surface area contributed by atoms with Gasteiger partial charge in [-0.2, -0.15) is 0 Å². The minimum Gasteiger partial charge on any atom is -0.375 e. The maximum absolute atomic E-state index is 15.8. The molecule has 12 heteroatoms. The minimum absolute atomic E-state index is 0.0658. The Labute approximate surface area is 195 Å². The number of carbonyl (C=O) groups is 1. The van der Waals surface area contributed by atoms with Crippen LogP contribution in [0.25, 0.3) is 32.2 Å². The van der Waals surface area contributed by atoms with E-state index in [4.69, 9.17) is 23.1 Å². The van der Waals surface area contributed by atoms with Gasteiger partial charge in [0.2, 0.25) is 5.91 Å². The lowest BCUT2D eigenvalue weighted by Gasteiger charge is -2.34. The Morgan fingerprint density at radius 1 is 1.30 bits per heavy atom. The summed E-state index contributed by atoms with van der Waals surface area (Å²) in [5.74, 6) is -1.06. The van der Waals surface area contributed by atoms with E-state index in [1.54, 1.807) is 6.07 Å². The van der Waals surface area contributed by atoms with E-state index < -0.39 is 17.5 Å². The van der Waals surface area contributed by atoms with Crippen LogP contribution in [-0.2, 0) is 4.79 Å². The molecule has 2 aromatic carbocycles. The third-order valence-corrected chi connectivity index (χ3v) is 6.78. The van der Waals surface area contributed by atoms with Crippen molar-refractivity contribution in [3.8, 4) is 11.1 Å². The predicted octanol–water partition coefficient (Wildman–Crippen LogP) is 3.07. The molecule has 1 saturated heterocycles. The molecule has 4 aromatic rings. The van der Waals surface area contributed by atoms with Crippen molar-refractivity contribution >= 4 is 60.9 Å². The maximum atomic E-state index is 15.8. The molecule has 0 bridgehead atoms. The van der Waals surface area contributed by atoms with Crippen molar-refractivity contribution in [2.75, 3.05) is 30.3 Å². The van der Waals surface area contributed by atoms with Crippen LogP contribution in [0, 0.1) is 11.6 Å². The summed E-state index contributed by atoms with van der Waals surface area (Å²) in [7, 11) is 0. The number of nitrogens with zero attached hydrogens (tertiary/aromatic N) is 4. The number of benzene rings is 2. The highest BCUT2D eigenvalue weighted by atomic mass is 35.5. The number of anilines is 2. The molecule has 1 fully saturated rings. The Bertz CT molecular complexity index is 1410. The molecular formula is C21H18ClF2N7OS. The number of nitrogens with two attached hydrogens (primary N) is 2. The molecule has 1 atom stereocenters. The number of hydrogen-bond acceptors (Lipinski definition) is 8. The van der Waals surface area contributed by atoms with E-state index in [0.29, 0.717) is 36.4 Å². The molecule has 1 unspecified atom stereocenters. The summed E-state index contributed by atoms with van der Waals surface area (Å²) < 4.78 is 30.3. The van der Waals surface area contributed by atoms with E-state index in [9.17, 15) is 9.18 Å². The van der Waals surface area contributed by atoms with Gasteiger partial charge in [-0.05, 0) is 18.2 Å². The van der Waals surface area contributed by atoms with Gasteiger partial charge in [-0.25, -0.2) is 23.7 Å². The fourth-order valence-electron chi connectivity index (χ4n) is 4.21. The van der Waals surface area contributed by atoms with Crippen molar-refractivity contribution in [1.82, 2.24) is 20.3 Å². The van der Waals surface area contributed by atoms with Gasteiger partial charge in [-0.3, -0.25) is 4.79 Å². The quantitative estimate of drug-likeness (QED) is 0.402. The average Bonchev–Trinajstić information content (AvgIpc) is 3.17. The standard InChI is InChI=1S/C21H18ClF2N7OS/c22-12-6-11-17(28-8-29-20(11)31-4-3-27-9(7-31)5-14(25)32)16(24)15(12)10-1-2-13(23)19-18(10)30-21(26)33-19/h1-2,6,8-9,27H,3-5,7H2,(H2,25,32)(H2,26,30). The Morgan fingerprint density at radius 2 is 2.12 bits per heavy atom. The summed E-state index contributed by atoms with van der Waals surface area (Å²) in [6, 6.07) is 4.12. The van der Waals surface area contributed by atoms with Crippen LogP contribution < -0.4 is 21.7 Å². The molecule has 5 N–H and O–H groups in total. The Kier molecular flexibility index (Phi) is 5.47. The zero-order valence-corrected chi connectivity index (χ0v) is 18.7. The van der Waals surface area contributed by atoms with E-state index in [0.717, 1.165) is 11.3 Å². The molecule has 0 spiro atoms. The molecule has 1 aliphatic heterocycles. The zero-order valence-electron chi connectivity index (χ0n) is 17.1. The van der Waals surface area contributed by atoms with Crippen molar-refractivity contribution in [3.05, 3.63) is 41.2 Å². The van der Waals surface area contributed by atoms with Crippen molar-refractivity contribution in [2.45, 2.75) is 12.5 Å². The van der Waals surface area contributed by atoms with Gasteiger partial charge in [-0.1, -0.05) is 22.9 Å². The van der Waals surface area contributed by atoms with E-state index in [-0.39, 0.29) is 43.9 Å². The monoisotopic (exact) mass is 489 g/mol. The van der Waals surface area contributed by atoms with Gasteiger partial charge < -0.3 is 21.7 Å². The number of piperazine rings is 1. The molecule has 0 radical (unpaired) electrons. The number of hydrogen-bond donors (Lipinski definition) is 3. The largest absolute Gasteiger partial charge is 0.375 e. The Morgan fingerprint density at radius 3 is 2.91 bits per heavy atom. The number of amides is 1. The fraction of sp³-hybridized carbons (Fsp3) is 0.238. The fourth-order valence-corrected chi connectivity index (χ4v) is 5.26. The van der Waals surface area contributed by atoms with Crippen LogP contribution in [0.1, 0.15) is 6.42 Å². The average molecular weight is 490 g/mol. The smallest absolute Gasteiger partial charge is 0.219 e. The van der Waals surface area contributed by atoms with Gasteiger partial charge in [0.1, 0.15) is 23.5 Å². The Balaban J connectivity index is 1.64. The molecule has 8 nitrogen and oxygen atoms in total. The zero-order chi connectivity index (χ0) is 23.3. The van der Waals surface area contributed by atoms with Crippen LogP contribution in [0.15, 0.2) is 24.5 Å². The maximum Gasteiger partial charge on any atom is 0.219 e. The van der Waals surface area contributed by atoms with Crippen LogP contribution in [-0.4, -0.2) is 46.5 Å². The molecule has 0 saturated carbocycles.